The fraction of sp³-hybridized carbons (Fsp3) is 0.867. The Morgan fingerprint density at radius 3 is 2.42 bits per heavy atom. The second-order valence-corrected chi connectivity index (χ2v) is 6.72. The predicted molar refractivity (Wildman–Crippen MR) is 84.0 cm³/mol. The van der Waals surface area contributed by atoms with Gasteiger partial charge < -0.3 is 11.1 Å². The van der Waals surface area contributed by atoms with E-state index in [9.17, 15) is 4.79 Å². The van der Waals surface area contributed by atoms with Crippen LogP contribution in [0.2, 0.25) is 0 Å². The summed E-state index contributed by atoms with van der Waals surface area (Å²) in [6, 6.07) is 0. The van der Waals surface area contributed by atoms with Crippen LogP contribution in [0.15, 0.2) is 0 Å². The average Bonchev–Trinajstić information content (AvgIpc) is 2.37. The molecule has 19 heavy (non-hydrogen) atoms. The summed E-state index contributed by atoms with van der Waals surface area (Å²) in [5, 5.41) is 3.13. The van der Waals surface area contributed by atoms with Crippen molar-refractivity contribution in [2.45, 2.75) is 71.3 Å². The molecule has 0 heterocycles. The van der Waals surface area contributed by atoms with Gasteiger partial charge >= 0.3 is 0 Å². The molecule has 0 aromatic carbocycles. The maximum absolute atomic E-state index is 12.1. The molecule has 0 atom stereocenters. The van der Waals surface area contributed by atoms with Gasteiger partial charge in [0.1, 0.15) is 0 Å². The smallest absolute Gasteiger partial charge is 0.220 e. The van der Waals surface area contributed by atoms with Crippen molar-refractivity contribution in [2.75, 3.05) is 0 Å². The van der Waals surface area contributed by atoms with Crippen molar-refractivity contribution in [1.29, 1.82) is 0 Å². The van der Waals surface area contributed by atoms with Crippen LogP contribution >= 0.6 is 12.2 Å². The Kier molecular flexibility index (Phi) is 6.24. The molecule has 0 bridgehead atoms. The quantitative estimate of drug-likeness (QED) is 0.737. The topological polar surface area (TPSA) is 55.1 Å². The summed E-state index contributed by atoms with van der Waals surface area (Å²) in [5.41, 5.74) is 5.49. The maximum Gasteiger partial charge on any atom is 0.220 e. The molecule has 3 N–H and O–H groups in total. The third-order valence-corrected chi connectivity index (χ3v) is 4.73. The normalized spacial score (nSPS) is 27.3. The van der Waals surface area contributed by atoms with Gasteiger partial charge in [-0.2, -0.15) is 0 Å². The molecule has 110 valence electrons. The summed E-state index contributed by atoms with van der Waals surface area (Å²) in [6.45, 7) is 6.48. The highest BCUT2D eigenvalue weighted by molar-refractivity contribution is 7.80. The summed E-state index contributed by atoms with van der Waals surface area (Å²) in [5.74, 6) is 1.40. The number of nitrogens with one attached hydrogen (secondary N) is 1. The van der Waals surface area contributed by atoms with Crippen LogP contribution in [0, 0.1) is 11.8 Å². The van der Waals surface area contributed by atoms with Crippen LogP contribution in [-0.4, -0.2) is 16.4 Å². The Morgan fingerprint density at radius 2 is 2.00 bits per heavy atom. The Hall–Kier alpha value is -0.640. The summed E-state index contributed by atoms with van der Waals surface area (Å²) >= 11 is 5.22. The largest absolute Gasteiger partial charge is 0.391 e. The molecule has 0 radical (unpaired) electrons. The van der Waals surface area contributed by atoms with Crippen LogP contribution in [0.4, 0.5) is 0 Å². The molecule has 1 aliphatic rings. The molecule has 0 aliphatic heterocycles. The minimum Gasteiger partial charge on any atom is -0.391 e. The highest BCUT2D eigenvalue weighted by Crippen LogP contribution is 2.34. The van der Waals surface area contributed by atoms with E-state index in [1.54, 1.807) is 0 Å². The number of thiocarbonyl (C=S) groups is 1. The third-order valence-electron chi connectivity index (χ3n) is 4.34. The third kappa shape index (κ3) is 4.75. The number of carbonyl (C=O) groups is 1. The fourth-order valence-corrected chi connectivity index (χ4v) is 3.02. The second-order valence-electron chi connectivity index (χ2n) is 6.28. The summed E-state index contributed by atoms with van der Waals surface area (Å²) in [7, 11) is 0. The van der Waals surface area contributed by atoms with Crippen molar-refractivity contribution >= 4 is 23.1 Å². The standard InChI is InChI=1S/C15H28N2OS/c1-4-12-7-9-15(10-8-12,14(16)19)17-13(18)6-5-11(2)3/h11-12H,4-10H2,1-3H3,(H2,16,19)(H,17,18). The molecule has 1 aliphatic carbocycles. The Morgan fingerprint density at radius 1 is 1.42 bits per heavy atom. The van der Waals surface area contributed by atoms with E-state index in [-0.39, 0.29) is 5.91 Å². The zero-order valence-electron chi connectivity index (χ0n) is 12.5. The van der Waals surface area contributed by atoms with Crippen LogP contribution in [0.5, 0.6) is 0 Å². The minimum absolute atomic E-state index is 0.0939. The van der Waals surface area contributed by atoms with Gasteiger partial charge in [0.05, 0.1) is 10.5 Å². The van der Waals surface area contributed by atoms with Gasteiger partial charge in [-0.3, -0.25) is 4.79 Å². The first kappa shape index (κ1) is 16.4. The first-order valence-electron chi connectivity index (χ1n) is 7.50. The van der Waals surface area contributed by atoms with Crippen molar-refractivity contribution in [1.82, 2.24) is 5.32 Å². The lowest BCUT2D eigenvalue weighted by Gasteiger charge is -2.40. The summed E-state index contributed by atoms with van der Waals surface area (Å²) in [6.07, 6.45) is 6.70. The van der Waals surface area contributed by atoms with Crippen LogP contribution in [0.1, 0.15) is 65.7 Å². The maximum atomic E-state index is 12.1. The van der Waals surface area contributed by atoms with Gasteiger partial charge in [0, 0.05) is 6.42 Å². The number of nitrogens with two attached hydrogens (primary N) is 1. The Labute approximate surface area is 122 Å². The average molecular weight is 284 g/mol. The van der Waals surface area contributed by atoms with Gasteiger partial charge in [0.15, 0.2) is 0 Å². The number of amides is 1. The van der Waals surface area contributed by atoms with Crippen LogP contribution in [0.25, 0.3) is 0 Å². The molecule has 0 spiro atoms. The van der Waals surface area contributed by atoms with Gasteiger partial charge in [-0.05, 0) is 43.9 Å². The molecule has 0 unspecified atom stereocenters. The van der Waals surface area contributed by atoms with Gasteiger partial charge in [0.2, 0.25) is 5.91 Å². The van der Waals surface area contributed by atoms with E-state index in [0.717, 1.165) is 38.0 Å². The van der Waals surface area contributed by atoms with E-state index in [4.69, 9.17) is 18.0 Å². The molecule has 1 amide bonds. The van der Waals surface area contributed by atoms with E-state index in [1.165, 1.54) is 6.42 Å². The lowest BCUT2D eigenvalue weighted by atomic mass is 9.75. The number of hydrogen-bond acceptors (Lipinski definition) is 2. The molecular weight excluding hydrogens is 256 g/mol. The summed E-state index contributed by atoms with van der Waals surface area (Å²) < 4.78 is 0. The first-order valence-corrected chi connectivity index (χ1v) is 7.91. The monoisotopic (exact) mass is 284 g/mol. The zero-order chi connectivity index (χ0) is 14.5. The fourth-order valence-electron chi connectivity index (χ4n) is 2.76. The van der Waals surface area contributed by atoms with E-state index >= 15 is 0 Å². The van der Waals surface area contributed by atoms with Gasteiger partial charge in [-0.1, -0.05) is 39.4 Å². The minimum atomic E-state index is -0.422. The van der Waals surface area contributed by atoms with Gasteiger partial charge in [-0.15, -0.1) is 0 Å². The van der Waals surface area contributed by atoms with Crippen LogP contribution in [0.3, 0.4) is 0 Å². The zero-order valence-corrected chi connectivity index (χ0v) is 13.3. The van der Waals surface area contributed by atoms with Crippen molar-refractivity contribution in [2.24, 2.45) is 17.6 Å². The van der Waals surface area contributed by atoms with E-state index in [2.05, 4.69) is 26.1 Å². The number of hydrogen-bond donors (Lipinski definition) is 2. The molecule has 3 nitrogen and oxygen atoms in total. The molecule has 0 aromatic heterocycles. The molecular formula is C15H28N2OS. The van der Waals surface area contributed by atoms with Crippen molar-refractivity contribution in [3.63, 3.8) is 0 Å². The molecule has 0 aromatic rings. The lowest BCUT2D eigenvalue weighted by Crippen LogP contribution is -2.58. The van der Waals surface area contributed by atoms with E-state index in [0.29, 0.717) is 17.3 Å². The van der Waals surface area contributed by atoms with Crippen molar-refractivity contribution in [3.8, 4) is 0 Å². The first-order chi connectivity index (χ1) is 8.89. The van der Waals surface area contributed by atoms with Crippen LogP contribution in [-0.2, 0) is 4.79 Å². The van der Waals surface area contributed by atoms with Crippen LogP contribution < -0.4 is 11.1 Å². The van der Waals surface area contributed by atoms with Crippen molar-refractivity contribution < 1.29 is 4.79 Å². The number of rotatable bonds is 6. The molecule has 1 rings (SSSR count). The molecule has 0 saturated heterocycles. The highest BCUT2D eigenvalue weighted by atomic mass is 32.1. The molecule has 1 fully saturated rings. The van der Waals surface area contributed by atoms with E-state index < -0.39 is 5.54 Å². The highest BCUT2D eigenvalue weighted by Gasteiger charge is 2.38. The molecule has 1 saturated carbocycles. The Bertz CT molecular complexity index is 320. The predicted octanol–water partition coefficient (Wildman–Crippen LogP) is 3.16. The van der Waals surface area contributed by atoms with E-state index in [1.807, 2.05) is 0 Å². The summed E-state index contributed by atoms with van der Waals surface area (Å²) in [4.78, 5) is 12.5. The van der Waals surface area contributed by atoms with Gasteiger partial charge in [0.25, 0.3) is 0 Å². The SMILES string of the molecule is CCC1CCC(NC(=O)CCC(C)C)(C(N)=S)CC1. The number of carbonyl (C=O) groups excluding carboxylic acids is 1. The van der Waals surface area contributed by atoms with Gasteiger partial charge in [-0.25, -0.2) is 0 Å². The second kappa shape index (κ2) is 7.22. The molecule has 4 heteroatoms. The van der Waals surface area contributed by atoms with Crippen molar-refractivity contribution in [3.05, 3.63) is 0 Å². The Balaban J connectivity index is 2.58. The lowest BCUT2D eigenvalue weighted by molar-refractivity contribution is -0.123.